The van der Waals surface area contributed by atoms with Crippen LogP contribution < -0.4 is 5.32 Å². The minimum absolute atomic E-state index is 0.0133. The molecule has 0 aromatic heterocycles. The number of carbonyl (C=O) groups excluding carboxylic acids is 2. The highest BCUT2D eigenvalue weighted by Gasteiger charge is 2.30. The molecule has 168 valence electrons. The monoisotopic (exact) mass is 460 g/mol. The smallest absolute Gasteiger partial charge is 0.243 e. The van der Waals surface area contributed by atoms with Crippen LogP contribution in [0.15, 0.2) is 53.4 Å². The van der Waals surface area contributed by atoms with Gasteiger partial charge in [0.25, 0.3) is 0 Å². The Morgan fingerprint density at radius 1 is 1.10 bits per heavy atom. The summed E-state index contributed by atoms with van der Waals surface area (Å²) in [5.74, 6) is 0.519. The maximum absolute atomic E-state index is 13.3. The Kier molecular flexibility index (Phi) is 9.45. The zero-order valence-corrected chi connectivity index (χ0v) is 20.6. The predicted molar refractivity (Wildman–Crippen MR) is 130 cm³/mol. The van der Waals surface area contributed by atoms with Crippen molar-refractivity contribution < 1.29 is 9.59 Å². The van der Waals surface area contributed by atoms with Gasteiger partial charge in [-0.3, -0.25) is 9.59 Å². The quantitative estimate of drug-likeness (QED) is 0.477. The average molecular weight is 461 g/mol. The summed E-state index contributed by atoms with van der Waals surface area (Å²) in [6.45, 7) is 10.3. The van der Waals surface area contributed by atoms with Gasteiger partial charge in [-0.25, -0.2) is 0 Å². The molecule has 0 saturated carbocycles. The van der Waals surface area contributed by atoms with Crippen LogP contribution in [-0.2, 0) is 16.1 Å². The van der Waals surface area contributed by atoms with Gasteiger partial charge in [0.15, 0.2) is 0 Å². The molecule has 0 heterocycles. The zero-order chi connectivity index (χ0) is 23.0. The Morgan fingerprint density at radius 3 is 2.32 bits per heavy atom. The van der Waals surface area contributed by atoms with E-state index >= 15 is 0 Å². The predicted octanol–water partition coefficient (Wildman–Crippen LogP) is 5.85. The summed E-state index contributed by atoms with van der Waals surface area (Å²) >= 11 is 7.56. The van der Waals surface area contributed by atoms with Gasteiger partial charge in [-0.05, 0) is 69.5 Å². The van der Waals surface area contributed by atoms with Gasteiger partial charge in [-0.2, -0.15) is 0 Å². The van der Waals surface area contributed by atoms with Crippen molar-refractivity contribution in [2.75, 3.05) is 5.75 Å². The number of nitrogens with zero attached hydrogens (tertiary/aromatic N) is 1. The topological polar surface area (TPSA) is 49.4 Å². The van der Waals surface area contributed by atoms with Crippen LogP contribution in [0.2, 0.25) is 5.02 Å². The molecule has 0 radical (unpaired) electrons. The van der Waals surface area contributed by atoms with Crippen LogP contribution in [0.3, 0.4) is 0 Å². The summed E-state index contributed by atoms with van der Waals surface area (Å²) in [6.07, 6.45) is 0.919. The minimum Gasteiger partial charge on any atom is -0.350 e. The number of hydrogen-bond acceptors (Lipinski definition) is 3. The van der Waals surface area contributed by atoms with Gasteiger partial charge >= 0.3 is 0 Å². The van der Waals surface area contributed by atoms with Crippen LogP contribution in [0.4, 0.5) is 0 Å². The first-order valence-corrected chi connectivity index (χ1v) is 12.0. The summed E-state index contributed by atoms with van der Waals surface area (Å²) in [5.41, 5.74) is 1.82. The van der Waals surface area contributed by atoms with E-state index in [4.69, 9.17) is 11.6 Å². The molecular weight excluding hydrogens is 428 g/mol. The minimum atomic E-state index is -0.508. The molecule has 0 aliphatic carbocycles. The molecule has 0 aliphatic heterocycles. The number of aryl methyl sites for hydroxylation is 1. The summed E-state index contributed by atoms with van der Waals surface area (Å²) < 4.78 is 0. The highest BCUT2D eigenvalue weighted by molar-refractivity contribution is 7.99. The first kappa shape index (κ1) is 25.3. The van der Waals surface area contributed by atoms with Crippen molar-refractivity contribution in [1.82, 2.24) is 10.2 Å². The van der Waals surface area contributed by atoms with Gasteiger partial charge < -0.3 is 10.2 Å². The van der Waals surface area contributed by atoms with Gasteiger partial charge in [0, 0.05) is 34.2 Å². The second-order valence-corrected chi connectivity index (χ2v) is 10.3. The number of halogens is 1. The maximum atomic E-state index is 13.3. The molecule has 4 nitrogen and oxygen atoms in total. The van der Waals surface area contributed by atoms with Gasteiger partial charge in [-0.15, -0.1) is 11.8 Å². The fourth-order valence-corrected chi connectivity index (χ4v) is 4.24. The number of amides is 2. The van der Waals surface area contributed by atoms with Crippen LogP contribution in [0, 0.1) is 6.92 Å². The second-order valence-electron chi connectivity index (χ2n) is 8.66. The molecule has 1 unspecified atom stereocenters. The van der Waals surface area contributed by atoms with E-state index in [1.807, 2.05) is 83.1 Å². The highest BCUT2D eigenvalue weighted by Crippen LogP contribution is 2.23. The van der Waals surface area contributed by atoms with Crippen molar-refractivity contribution in [3.05, 3.63) is 64.7 Å². The van der Waals surface area contributed by atoms with E-state index in [0.717, 1.165) is 16.0 Å². The third-order valence-electron chi connectivity index (χ3n) is 4.88. The number of thioether (sulfide) groups is 1. The van der Waals surface area contributed by atoms with E-state index in [1.165, 1.54) is 0 Å². The van der Waals surface area contributed by atoms with Crippen LogP contribution in [0.25, 0.3) is 0 Å². The number of nitrogens with one attached hydrogen (secondary N) is 1. The molecule has 31 heavy (non-hydrogen) atoms. The van der Waals surface area contributed by atoms with E-state index in [-0.39, 0.29) is 17.4 Å². The summed E-state index contributed by atoms with van der Waals surface area (Å²) in [4.78, 5) is 29.1. The van der Waals surface area contributed by atoms with Crippen molar-refractivity contribution in [3.8, 4) is 0 Å². The molecule has 0 fully saturated rings. The maximum Gasteiger partial charge on any atom is 0.243 e. The van der Waals surface area contributed by atoms with Crippen LogP contribution in [-0.4, -0.2) is 34.0 Å². The van der Waals surface area contributed by atoms with Crippen molar-refractivity contribution in [2.24, 2.45) is 0 Å². The summed E-state index contributed by atoms with van der Waals surface area (Å²) in [6, 6.07) is 15.1. The van der Waals surface area contributed by atoms with Gasteiger partial charge in [0.05, 0.1) is 0 Å². The molecule has 0 aliphatic rings. The van der Waals surface area contributed by atoms with Crippen molar-refractivity contribution in [1.29, 1.82) is 0 Å². The van der Waals surface area contributed by atoms with Crippen molar-refractivity contribution in [3.63, 3.8) is 0 Å². The molecule has 2 aromatic rings. The van der Waals surface area contributed by atoms with E-state index < -0.39 is 6.04 Å². The molecule has 2 aromatic carbocycles. The van der Waals surface area contributed by atoms with Gasteiger partial charge in [0.1, 0.15) is 6.04 Å². The largest absolute Gasteiger partial charge is 0.350 e. The molecule has 0 spiro atoms. The Balaban J connectivity index is 2.16. The van der Waals surface area contributed by atoms with Gasteiger partial charge in [0.2, 0.25) is 11.8 Å². The van der Waals surface area contributed by atoms with Crippen molar-refractivity contribution in [2.45, 2.75) is 70.5 Å². The first-order chi connectivity index (χ1) is 14.6. The van der Waals surface area contributed by atoms with Crippen LogP contribution >= 0.6 is 23.4 Å². The zero-order valence-electron chi connectivity index (χ0n) is 19.1. The van der Waals surface area contributed by atoms with Gasteiger partial charge in [-0.1, -0.05) is 42.8 Å². The Labute approximate surface area is 195 Å². The molecule has 2 amide bonds. The SMILES string of the molecule is CCC(C(=O)NC(C)(C)C)N(Cc1ccccc1C)C(=O)CCSc1ccc(Cl)cc1. The fraction of sp³-hybridized carbons (Fsp3) is 0.440. The lowest BCUT2D eigenvalue weighted by atomic mass is 10.0. The van der Waals surface area contributed by atoms with E-state index in [0.29, 0.717) is 30.2 Å². The molecular formula is C25H33ClN2O2S. The average Bonchev–Trinajstić information content (AvgIpc) is 2.69. The number of carbonyl (C=O) groups is 2. The fourth-order valence-electron chi connectivity index (χ4n) is 3.27. The molecule has 1 atom stereocenters. The van der Waals surface area contributed by atoms with Crippen molar-refractivity contribution >= 4 is 35.2 Å². The molecule has 0 bridgehead atoms. The summed E-state index contributed by atoms with van der Waals surface area (Å²) in [7, 11) is 0. The third-order valence-corrected chi connectivity index (χ3v) is 6.15. The first-order valence-electron chi connectivity index (χ1n) is 10.6. The normalized spacial score (nSPS) is 12.3. The lowest BCUT2D eigenvalue weighted by molar-refractivity contribution is -0.141. The molecule has 6 heteroatoms. The molecule has 1 N–H and O–H groups in total. The van der Waals surface area contributed by atoms with Crippen LogP contribution in [0.1, 0.15) is 51.7 Å². The second kappa shape index (κ2) is 11.6. The van der Waals surface area contributed by atoms with E-state index in [2.05, 4.69) is 5.32 Å². The highest BCUT2D eigenvalue weighted by atomic mass is 35.5. The van der Waals surface area contributed by atoms with Crippen LogP contribution in [0.5, 0.6) is 0 Å². The van der Waals surface area contributed by atoms with E-state index in [9.17, 15) is 9.59 Å². The standard InChI is InChI=1S/C25H33ClN2O2S/c1-6-22(24(30)27-25(3,4)5)28(17-19-10-8-7-9-18(19)2)23(29)15-16-31-21-13-11-20(26)12-14-21/h7-14,22H,6,15-17H2,1-5H3,(H,27,30). The Bertz CT molecular complexity index is 878. The molecule has 2 rings (SSSR count). The molecule has 0 saturated heterocycles. The van der Waals surface area contributed by atoms with E-state index in [1.54, 1.807) is 16.7 Å². The Morgan fingerprint density at radius 2 is 1.74 bits per heavy atom. The lowest BCUT2D eigenvalue weighted by Crippen LogP contribution is -2.53. The lowest BCUT2D eigenvalue weighted by Gasteiger charge is -2.33. The third kappa shape index (κ3) is 8.23. The number of hydrogen-bond donors (Lipinski definition) is 1. The summed E-state index contributed by atoms with van der Waals surface area (Å²) in [5, 5.41) is 3.74. The Hall–Kier alpha value is -1.98. The number of benzene rings is 2. The number of rotatable bonds is 9.